The number of fused-ring (bicyclic) bond motifs is 1. The van der Waals surface area contributed by atoms with Crippen LogP contribution in [0, 0.1) is 0 Å². The van der Waals surface area contributed by atoms with Crippen LogP contribution in [-0.2, 0) is 15.8 Å². The maximum Gasteiger partial charge on any atom is 0.234 e. The maximum absolute atomic E-state index is 11.7. The summed E-state index contributed by atoms with van der Waals surface area (Å²) in [6.45, 7) is 1.05. The normalized spacial score (nSPS) is 17.1. The van der Waals surface area contributed by atoms with E-state index in [9.17, 15) is 8.42 Å². The molecule has 4 rings (SSSR count). The summed E-state index contributed by atoms with van der Waals surface area (Å²) in [7, 11) is -3.12. The molecule has 1 saturated heterocycles. The summed E-state index contributed by atoms with van der Waals surface area (Å²) in [5.41, 5.74) is 0. The fraction of sp³-hybridized carbons (Fsp3) is 0.438. The largest absolute Gasteiger partial charge is 0.234 e. The fourth-order valence-corrected chi connectivity index (χ4v) is 5.71. The van der Waals surface area contributed by atoms with Gasteiger partial charge in [0.05, 0.1) is 12.0 Å². The van der Waals surface area contributed by atoms with Crippen molar-refractivity contribution < 1.29 is 8.42 Å². The van der Waals surface area contributed by atoms with Gasteiger partial charge in [-0.05, 0) is 25.0 Å². The highest BCUT2D eigenvalue weighted by Gasteiger charge is 2.29. The molecule has 0 bridgehead atoms. The smallest absolute Gasteiger partial charge is 0.213 e. The lowest BCUT2D eigenvalue weighted by Crippen LogP contribution is -2.37. The van der Waals surface area contributed by atoms with E-state index in [1.54, 1.807) is 23.1 Å². The Hall–Kier alpha value is -1.49. The molecule has 0 spiro atoms. The minimum atomic E-state index is -3.12. The van der Waals surface area contributed by atoms with Crippen molar-refractivity contribution in [2.24, 2.45) is 0 Å². The summed E-state index contributed by atoms with van der Waals surface area (Å²) >= 11 is 3.31. The van der Waals surface area contributed by atoms with Crippen LogP contribution in [0.15, 0.2) is 35.2 Å². The van der Waals surface area contributed by atoms with E-state index in [-0.39, 0.29) is 5.92 Å². The number of aromatic nitrogens is 4. The van der Waals surface area contributed by atoms with Gasteiger partial charge in [0.15, 0.2) is 5.82 Å². The van der Waals surface area contributed by atoms with E-state index in [2.05, 4.69) is 27.4 Å². The first kappa shape index (κ1) is 17.9. The second-order valence-corrected chi connectivity index (χ2v) is 10.4. The van der Waals surface area contributed by atoms with Crippen LogP contribution >= 0.6 is 23.1 Å². The monoisotopic (exact) mass is 409 g/mol. The zero-order valence-corrected chi connectivity index (χ0v) is 16.7. The molecule has 1 aliphatic heterocycles. The molecular weight excluding hydrogens is 390 g/mol. The summed E-state index contributed by atoms with van der Waals surface area (Å²) in [4.78, 5) is 2.01. The number of piperidine rings is 1. The van der Waals surface area contributed by atoms with Crippen molar-refractivity contribution in [2.75, 3.05) is 19.3 Å². The minimum absolute atomic E-state index is 0.194. The van der Waals surface area contributed by atoms with Crippen molar-refractivity contribution in [3.05, 3.63) is 41.2 Å². The third kappa shape index (κ3) is 3.78. The van der Waals surface area contributed by atoms with E-state index in [4.69, 9.17) is 0 Å². The van der Waals surface area contributed by atoms with Gasteiger partial charge in [0.2, 0.25) is 15.0 Å². The van der Waals surface area contributed by atoms with Gasteiger partial charge in [-0.1, -0.05) is 29.5 Å². The molecule has 2 aromatic heterocycles. The Morgan fingerprint density at radius 3 is 2.62 bits per heavy atom. The number of nitrogens with zero attached hydrogens (tertiary/aromatic N) is 5. The van der Waals surface area contributed by atoms with Crippen molar-refractivity contribution in [1.82, 2.24) is 24.1 Å². The molecule has 10 heteroatoms. The number of thioether (sulfide) groups is 1. The van der Waals surface area contributed by atoms with Crippen LogP contribution in [0.3, 0.4) is 0 Å². The van der Waals surface area contributed by atoms with Gasteiger partial charge in [0.1, 0.15) is 5.01 Å². The molecule has 1 aromatic carbocycles. The molecule has 26 heavy (non-hydrogen) atoms. The molecule has 3 aromatic rings. The maximum atomic E-state index is 11.7. The predicted octanol–water partition coefficient (Wildman–Crippen LogP) is 2.62. The van der Waals surface area contributed by atoms with Gasteiger partial charge in [-0.25, -0.2) is 12.7 Å². The first-order chi connectivity index (χ1) is 12.5. The highest BCUT2D eigenvalue weighted by Crippen LogP contribution is 2.30. The Kier molecular flexibility index (Phi) is 5.00. The van der Waals surface area contributed by atoms with Crippen molar-refractivity contribution >= 4 is 38.1 Å². The Balaban J connectivity index is 1.47. The van der Waals surface area contributed by atoms with Crippen LogP contribution in [0.5, 0.6) is 0 Å². The molecule has 7 nitrogen and oxygen atoms in total. The predicted molar refractivity (Wildman–Crippen MR) is 103 cm³/mol. The molecule has 0 amide bonds. The van der Waals surface area contributed by atoms with Gasteiger partial charge in [0.25, 0.3) is 0 Å². The van der Waals surface area contributed by atoms with Crippen LogP contribution in [0.4, 0.5) is 0 Å². The average Bonchev–Trinajstić information content (AvgIpc) is 3.20. The lowest BCUT2D eigenvalue weighted by Gasteiger charge is -2.28. The van der Waals surface area contributed by atoms with Crippen molar-refractivity contribution in [2.45, 2.75) is 29.4 Å². The number of hydrogen-bond donors (Lipinski definition) is 0. The Morgan fingerprint density at radius 2 is 1.92 bits per heavy atom. The summed E-state index contributed by atoms with van der Waals surface area (Å²) in [5.74, 6) is 1.84. The number of benzene rings is 1. The summed E-state index contributed by atoms with van der Waals surface area (Å²) in [6.07, 6.45) is 2.76. The molecule has 1 fully saturated rings. The van der Waals surface area contributed by atoms with E-state index in [1.807, 2.05) is 22.7 Å². The van der Waals surface area contributed by atoms with E-state index >= 15 is 0 Å². The van der Waals surface area contributed by atoms with Crippen LogP contribution in [0.2, 0.25) is 0 Å². The Bertz CT molecular complexity index is 991. The summed E-state index contributed by atoms with van der Waals surface area (Å²) < 4.78 is 26.7. The van der Waals surface area contributed by atoms with Crippen molar-refractivity contribution in [3.8, 4) is 0 Å². The van der Waals surface area contributed by atoms with Crippen LogP contribution < -0.4 is 0 Å². The van der Waals surface area contributed by atoms with Gasteiger partial charge >= 0.3 is 0 Å². The molecule has 0 atom stereocenters. The first-order valence-corrected chi connectivity index (χ1v) is 12.0. The van der Waals surface area contributed by atoms with Gasteiger partial charge in [0, 0.05) is 23.9 Å². The molecule has 0 aliphatic carbocycles. The van der Waals surface area contributed by atoms with Crippen LogP contribution in [-0.4, -0.2) is 51.9 Å². The lowest BCUT2D eigenvalue weighted by molar-refractivity contribution is 0.313. The number of rotatable bonds is 5. The van der Waals surface area contributed by atoms with Crippen molar-refractivity contribution in [1.29, 1.82) is 0 Å². The fourth-order valence-electron chi connectivity index (χ4n) is 3.09. The van der Waals surface area contributed by atoms with Crippen molar-refractivity contribution in [3.63, 3.8) is 0 Å². The van der Waals surface area contributed by atoms with Gasteiger partial charge in [-0.15, -0.1) is 22.0 Å². The highest BCUT2D eigenvalue weighted by atomic mass is 32.2. The molecule has 0 radical (unpaired) electrons. The molecule has 0 unspecified atom stereocenters. The quantitative estimate of drug-likeness (QED) is 0.603. The van der Waals surface area contributed by atoms with Gasteiger partial charge < -0.3 is 0 Å². The summed E-state index contributed by atoms with van der Waals surface area (Å²) in [6, 6.07) is 10.2. The van der Waals surface area contributed by atoms with Gasteiger partial charge in [-0.2, -0.15) is 9.61 Å². The first-order valence-electron chi connectivity index (χ1n) is 8.35. The SMILES string of the molecule is CS(=O)(=O)N1CCC(c2nnc3sc(CSc4ccccc4)nn23)CC1. The Labute approximate surface area is 160 Å². The van der Waals surface area contributed by atoms with E-state index in [1.165, 1.54) is 15.5 Å². The molecule has 3 heterocycles. The Morgan fingerprint density at radius 1 is 1.19 bits per heavy atom. The third-order valence-corrected chi connectivity index (χ3v) is 7.86. The number of hydrogen-bond acceptors (Lipinski definition) is 7. The van der Waals surface area contributed by atoms with Gasteiger partial charge in [-0.3, -0.25) is 0 Å². The molecule has 0 N–H and O–H groups in total. The zero-order valence-electron chi connectivity index (χ0n) is 14.3. The van der Waals surface area contributed by atoms with E-state index < -0.39 is 10.0 Å². The molecular formula is C16H19N5O2S3. The van der Waals surface area contributed by atoms with E-state index in [0.717, 1.165) is 34.4 Å². The average molecular weight is 410 g/mol. The number of sulfonamides is 1. The highest BCUT2D eigenvalue weighted by molar-refractivity contribution is 7.98. The van der Waals surface area contributed by atoms with Crippen LogP contribution in [0.1, 0.15) is 29.6 Å². The summed E-state index contributed by atoms with van der Waals surface area (Å²) in [5, 5.41) is 14.3. The molecule has 0 saturated carbocycles. The lowest BCUT2D eigenvalue weighted by atomic mass is 9.97. The second-order valence-electron chi connectivity index (χ2n) is 6.29. The standard InChI is InChI=1S/C16H19N5O2S3/c1-26(22,23)20-9-7-12(8-10-20)15-17-18-16-21(15)19-14(25-16)11-24-13-5-3-2-4-6-13/h2-6,12H,7-11H2,1H3. The van der Waals surface area contributed by atoms with Crippen LogP contribution in [0.25, 0.3) is 4.96 Å². The van der Waals surface area contributed by atoms with E-state index in [0.29, 0.717) is 13.1 Å². The molecule has 138 valence electrons. The molecule has 1 aliphatic rings. The zero-order chi connectivity index (χ0) is 18.1. The minimum Gasteiger partial charge on any atom is -0.213 e. The topological polar surface area (TPSA) is 80.5 Å². The second kappa shape index (κ2) is 7.26. The third-order valence-electron chi connectivity index (χ3n) is 4.45.